The Balaban J connectivity index is 2.50. The SMILES string of the molecule is CCOC(=O)C(=O)N/N=C/c1cccc(Cl)c1. The van der Waals surface area contributed by atoms with E-state index in [2.05, 4.69) is 9.84 Å². The molecule has 0 fully saturated rings. The minimum atomic E-state index is -0.962. The third-order valence-corrected chi connectivity index (χ3v) is 1.92. The topological polar surface area (TPSA) is 67.8 Å². The number of ether oxygens (including phenoxy) is 1. The molecule has 0 saturated carbocycles. The first kappa shape index (κ1) is 13.2. The monoisotopic (exact) mass is 254 g/mol. The first-order valence-electron chi connectivity index (χ1n) is 4.89. The number of hydrogen-bond acceptors (Lipinski definition) is 4. The van der Waals surface area contributed by atoms with Crippen LogP contribution in [0.3, 0.4) is 0 Å². The second-order valence-electron chi connectivity index (χ2n) is 2.97. The van der Waals surface area contributed by atoms with Crippen LogP contribution in [0.2, 0.25) is 5.02 Å². The Bertz CT molecular complexity index is 446. The van der Waals surface area contributed by atoms with Gasteiger partial charge in [-0.15, -0.1) is 0 Å². The molecule has 0 aromatic heterocycles. The zero-order chi connectivity index (χ0) is 12.7. The molecule has 6 heteroatoms. The number of halogens is 1. The second-order valence-corrected chi connectivity index (χ2v) is 3.41. The lowest BCUT2D eigenvalue weighted by Gasteiger charge is -1.99. The van der Waals surface area contributed by atoms with E-state index < -0.39 is 11.9 Å². The fourth-order valence-electron chi connectivity index (χ4n) is 0.995. The van der Waals surface area contributed by atoms with Gasteiger partial charge in [-0.3, -0.25) is 4.79 Å². The van der Waals surface area contributed by atoms with E-state index in [0.29, 0.717) is 10.6 Å². The van der Waals surface area contributed by atoms with E-state index >= 15 is 0 Å². The number of hydrazone groups is 1. The Morgan fingerprint density at radius 3 is 2.94 bits per heavy atom. The van der Waals surface area contributed by atoms with Gasteiger partial charge in [0.15, 0.2) is 0 Å². The molecule has 5 nitrogen and oxygen atoms in total. The van der Waals surface area contributed by atoms with Gasteiger partial charge in [0, 0.05) is 5.02 Å². The van der Waals surface area contributed by atoms with Gasteiger partial charge >= 0.3 is 11.9 Å². The van der Waals surface area contributed by atoms with Gasteiger partial charge in [-0.1, -0.05) is 23.7 Å². The number of carbonyl (C=O) groups is 2. The van der Waals surface area contributed by atoms with Crippen molar-refractivity contribution in [2.24, 2.45) is 5.10 Å². The molecule has 0 bridgehead atoms. The van der Waals surface area contributed by atoms with Crippen LogP contribution in [0.15, 0.2) is 29.4 Å². The molecule has 1 aromatic rings. The predicted molar refractivity (Wildman–Crippen MR) is 63.8 cm³/mol. The zero-order valence-corrected chi connectivity index (χ0v) is 9.90. The van der Waals surface area contributed by atoms with Crippen LogP contribution >= 0.6 is 11.6 Å². The van der Waals surface area contributed by atoms with Crippen molar-refractivity contribution in [2.45, 2.75) is 6.92 Å². The number of nitrogens with one attached hydrogen (secondary N) is 1. The molecule has 1 aromatic carbocycles. The van der Waals surface area contributed by atoms with Crippen LogP contribution in [0.1, 0.15) is 12.5 Å². The molecule has 1 amide bonds. The Labute approximate surface area is 103 Å². The van der Waals surface area contributed by atoms with E-state index in [1.54, 1.807) is 31.2 Å². The molecular weight excluding hydrogens is 244 g/mol. The van der Waals surface area contributed by atoms with Crippen molar-refractivity contribution in [3.63, 3.8) is 0 Å². The van der Waals surface area contributed by atoms with Crippen LogP contribution in [-0.4, -0.2) is 24.7 Å². The highest BCUT2D eigenvalue weighted by Crippen LogP contribution is 2.08. The average Bonchev–Trinajstić information content (AvgIpc) is 2.29. The highest BCUT2D eigenvalue weighted by molar-refractivity contribution is 6.32. The number of esters is 1. The van der Waals surface area contributed by atoms with Gasteiger partial charge in [0.1, 0.15) is 0 Å². The van der Waals surface area contributed by atoms with Crippen molar-refractivity contribution in [1.29, 1.82) is 0 Å². The molecule has 90 valence electrons. The summed E-state index contributed by atoms with van der Waals surface area (Å²) in [4.78, 5) is 22.0. The van der Waals surface area contributed by atoms with Crippen LogP contribution in [0.4, 0.5) is 0 Å². The summed E-state index contributed by atoms with van der Waals surface area (Å²) in [6, 6.07) is 6.89. The van der Waals surface area contributed by atoms with Gasteiger partial charge in [-0.25, -0.2) is 10.2 Å². The van der Waals surface area contributed by atoms with Gasteiger partial charge in [0.25, 0.3) is 0 Å². The smallest absolute Gasteiger partial charge is 0.398 e. The molecule has 0 spiro atoms. The molecule has 0 aliphatic heterocycles. The van der Waals surface area contributed by atoms with Crippen LogP contribution in [-0.2, 0) is 14.3 Å². The van der Waals surface area contributed by atoms with E-state index in [-0.39, 0.29) is 6.61 Å². The maximum Gasteiger partial charge on any atom is 0.398 e. The number of hydrogen-bond donors (Lipinski definition) is 1. The summed E-state index contributed by atoms with van der Waals surface area (Å²) < 4.78 is 4.48. The summed E-state index contributed by atoms with van der Waals surface area (Å²) in [5, 5.41) is 4.16. The minimum absolute atomic E-state index is 0.143. The summed E-state index contributed by atoms with van der Waals surface area (Å²) in [6.45, 7) is 1.75. The molecule has 1 N–H and O–H groups in total. The third kappa shape index (κ3) is 4.65. The molecule has 0 radical (unpaired) electrons. The van der Waals surface area contributed by atoms with E-state index in [9.17, 15) is 9.59 Å². The lowest BCUT2D eigenvalue weighted by Crippen LogP contribution is -2.28. The predicted octanol–water partition coefficient (Wildman–Crippen LogP) is 1.35. The number of amides is 1. The number of benzene rings is 1. The molecule has 0 saturated heterocycles. The Kier molecular flexibility index (Phi) is 5.16. The molecule has 0 heterocycles. The molecule has 1 rings (SSSR count). The maximum atomic E-state index is 11.1. The molecule has 0 atom stereocenters. The van der Waals surface area contributed by atoms with Gasteiger partial charge in [0.2, 0.25) is 0 Å². The summed E-state index contributed by atoms with van der Waals surface area (Å²) in [5.41, 5.74) is 2.76. The van der Waals surface area contributed by atoms with Gasteiger partial charge in [-0.2, -0.15) is 5.10 Å². The summed E-state index contributed by atoms with van der Waals surface area (Å²) in [6.07, 6.45) is 1.38. The summed E-state index contributed by atoms with van der Waals surface area (Å²) >= 11 is 5.75. The highest BCUT2D eigenvalue weighted by Gasteiger charge is 2.12. The molecular formula is C11H11ClN2O3. The van der Waals surface area contributed by atoms with Crippen molar-refractivity contribution in [3.8, 4) is 0 Å². The summed E-state index contributed by atoms with van der Waals surface area (Å²) in [5.74, 6) is -1.87. The third-order valence-electron chi connectivity index (χ3n) is 1.69. The van der Waals surface area contributed by atoms with Crippen LogP contribution in [0.25, 0.3) is 0 Å². The van der Waals surface area contributed by atoms with Crippen LogP contribution < -0.4 is 5.43 Å². The minimum Gasteiger partial charge on any atom is -0.459 e. The number of carbonyl (C=O) groups excluding carboxylic acids is 2. The van der Waals surface area contributed by atoms with Crippen LogP contribution in [0, 0.1) is 0 Å². The second kappa shape index (κ2) is 6.65. The van der Waals surface area contributed by atoms with Crippen molar-refractivity contribution >= 4 is 29.7 Å². The van der Waals surface area contributed by atoms with Crippen molar-refractivity contribution in [1.82, 2.24) is 5.43 Å². The standard InChI is InChI=1S/C11H11ClN2O3/c1-2-17-11(16)10(15)14-13-7-8-4-3-5-9(12)6-8/h3-7H,2H2,1H3,(H,14,15)/b13-7+. The van der Waals surface area contributed by atoms with E-state index in [1.165, 1.54) is 6.21 Å². The van der Waals surface area contributed by atoms with Crippen molar-refractivity contribution in [3.05, 3.63) is 34.9 Å². The normalized spacial score (nSPS) is 10.2. The lowest BCUT2D eigenvalue weighted by molar-refractivity contribution is -0.154. The summed E-state index contributed by atoms with van der Waals surface area (Å²) in [7, 11) is 0. The average molecular weight is 255 g/mol. The van der Waals surface area contributed by atoms with Gasteiger partial charge in [-0.05, 0) is 24.6 Å². The number of nitrogens with zero attached hydrogens (tertiary/aromatic N) is 1. The van der Waals surface area contributed by atoms with Crippen molar-refractivity contribution < 1.29 is 14.3 Å². The Hall–Kier alpha value is -1.88. The first-order valence-corrected chi connectivity index (χ1v) is 5.27. The Morgan fingerprint density at radius 2 is 2.29 bits per heavy atom. The fraction of sp³-hybridized carbons (Fsp3) is 0.182. The molecule has 0 aliphatic carbocycles. The van der Waals surface area contributed by atoms with E-state index in [4.69, 9.17) is 11.6 Å². The Morgan fingerprint density at radius 1 is 1.53 bits per heavy atom. The quantitative estimate of drug-likeness (QED) is 0.383. The zero-order valence-electron chi connectivity index (χ0n) is 9.14. The van der Waals surface area contributed by atoms with Crippen LogP contribution in [0.5, 0.6) is 0 Å². The van der Waals surface area contributed by atoms with E-state index in [1.807, 2.05) is 5.43 Å². The number of rotatable bonds is 3. The first-order chi connectivity index (χ1) is 8.13. The lowest BCUT2D eigenvalue weighted by atomic mass is 10.2. The van der Waals surface area contributed by atoms with Crippen molar-refractivity contribution in [2.75, 3.05) is 6.61 Å². The fourth-order valence-corrected chi connectivity index (χ4v) is 1.19. The molecule has 17 heavy (non-hydrogen) atoms. The van der Waals surface area contributed by atoms with E-state index in [0.717, 1.165) is 0 Å². The largest absolute Gasteiger partial charge is 0.459 e. The molecule has 0 unspecified atom stereocenters. The van der Waals surface area contributed by atoms with Gasteiger partial charge < -0.3 is 4.74 Å². The molecule has 0 aliphatic rings. The highest BCUT2D eigenvalue weighted by atomic mass is 35.5. The van der Waals surface area contributed by atoms with Gasteiger partial charge in [0.05, 0.1) is 12.8 Å². The maximum absolute atomic E-state index is 11.1.